The van der Waals surface area contributed by atoms with Crippen LogP contribution in [0.5, 0.6) is 0 Å². The largest absolute Gasteiger partial charge is 0.391 e. The van der Waals surface area contributed by atoms with E-state index < -0.39 is 0 Å². The first-order valence-corrected chi connectivity index (χ1v) is 8.80. The van der Waals surface area contributed by atoms with Gasteiger partial charge in [-0.1, -0.05) is 26.2 Å². The number of piperidine rings is 1. The summed E-state index contributed by atoms with van der Waals surface area (Å²) in [6, 6.07) is 0.340. The molecule has 1 heterocycles. The molecule has 0 aromatic carbocycles. The van der Waals surface area contributed by atoms with E-state index in [0.717, 1.165) is 64.6 Å². The Kier molecular flexibility index (Phi) is 6.49. The molecule has 2 rings (SSSR count). The molecule has 0 spiro atoms. The van der Waals surface area contributed by atoms with Crippen LogP contribution in [0.2, 0.25) is 0 Å². The zero-order valence-corrected chi connectivity index (χ0v) is 13.8. The SMILES string of the molecule is CCCCN(C)C(=O)C1CCN(C2CCCCC2O)CC1. The number of aliphatic hydroxyl groups is 1. The van der Waals surface area contributed by atoms with Crippen LogP contribution in [0.25, 0.3) is 0 Å². The second kappa shape index (κ2) is 8.14. The third kappa shape index (κ3) is 4.43. The molecule has 122 valence electrons. The summed E-state index contributed by atoms with van der Waals surface area (Å²) in [6.07, 6.45) is 8.45. The van der Waals surface area contributed by atoms with E-state index in [2.05, 4.69) is 11.8 Å². The quantitative estimate of drug-likeness (QED) is 0.846. The molecule has 0 radical (unpaired) electrons. The van der Waals surface area contributed by atoms with E-state index in [1.807, 2.05) is 11.9 Å². The summed E-state index contributed by atoms with van der Waals surface area (Å²) >= 11 is 0. The number of hydrogen-bond donors (Lipinski definition) is 1. The molecule has 4 heteroatoms. The molecule has 2 fully saturated rings. The van der Waals surface area contributed by atoms with Crippen molar-refractivity contribution in [1.82, 2.24) is 9.80 Å². The van der Waals surface area contributed by atoms with E-state index in [1.54, 1.807) is 0 Å². The molecule has 2 unspecified atom stereocenters. The van der Waals surface area contributed by atoms with E-state index in [1.165, 1.54) is 6.42 Å². The molecule has 1 aliphatic heterocycles. The zero-order valence-electron chi connectivity index (χ0n) is 13.8. The number of nitrogens with zero attached hydrogens (tertiary/aromatic N) is 2. The maximum Gasteiger partial charge on any atom is 0.225 e. The lowest BCUT2D eigenvalue weighted by Gasteiger charge is -2.41. The van der Waals surface area contributed by atoms with Crippen LogP contribution in [0.4, 0.5) is 0 Å². The van der Waals surface area contributed by atoms with Gasteiger partial charge in [0.15, 0.2) is 0 Å². The van der Waals surface area contributed by atoms with Crippen molar-refractivity contribution < 1.29 is 9.90 Å². The summed E-state index contributed by atoms with van der Waals surface area (Å²) in [5.74, 6) is 0.524. The lowest BCUT2D eigenvalue weighted by molar-refractivity contribution is -0.136. The van der Waals surface area contributed by atoms with E-state index in [0.29, 0.717) is 11.9 Å². The topological polar surface area (TPSA) is 43.8 Å². The summed E-state index contributed by atoms with van der Waals surface area (Å²) in [5.41, 5.74) is 0. The summed E-state index contributed by atoms with van der Waals surface area (Å²) in [6.45, 7) is 4.99. The predicted octanol–water partition coefficient (Wildman–Crippen LogP) is 2.26. The molecule has 1 saturated heterocycles. The fourth-order valence-corrected chi connectivity index (χ4v) is 3.81. The van der Waals surface area contributed by atoms with Gasteiger partial charge in [0.05, 0.1) is 6.10 Å². The number of aliphatic hydroxyl groups excluding tert-OH is 1. The van der Waals surface area contributed by atoms with Gasteiger partial charge in [-0.15, -0.1) is 0 Å². The Bertz CT molecular complexity index is 327. The highest BCUT2D eigenvalue weighted by Crippen LogP contribution is 2.28. The highest BCUT2D eigenvalue weighted by atomic mass is 16.3. The molecule has 2 atom stereocenters. The smallest absolute Gasteiger partial charge is 0.225 e. The van der Waals surface area contributed by atoms with Gasteiger partial charge in [0, 0.05) is 25.6 Å². The lowest BCUT2D eigenvalue weighted by atomic mass is 9.88. The average molecular weight is 296 g/mol. The Hall–Kier alpha value is -0.610. The van der Waals surface area contributed by atoms with Gasteiger partial charge in [0.1, 0.15) is 0 Å². The molecule has 21 heavy (non-hydrogen) atoms. The highest BCUT2D eigenvalue weighted by molar-refractivity contribution is 5.78. The van der Waals surface area contributed by atoms with Crippen molar-refractivity contribution >= 4 is 5.91 Å². The van der Waals surface area contributed by atoms with Gasteiger partial charge in [0.2, 0.25) is 5.91 Å². The fraction of sp³-hybridized carbons (Fsp3) is 0.941. The Balaban J connectivity index is 1.78. The van der Waals surface area contributed by atoms with Crippen molar-refractivity contribution in [2.24, 2.45) is 5.92 Å². The van der Waals surface area contributed by atoms with Crippen molar-refractivity contribution in [1.29, 1.82) is 0 Å². The minimum Gasteiger partial charge on any atom is -0.391 e. The van der Waals surface area contributed by atoms with E-state index in [4.69, 9.17) is 0 Å². The maximum absolute atomic E-state index is 12.4. The number of carbonyl (C=O) groups excluding carboxylic acids is 1. The van der Waals surface area contributed by atoms with Crippen molar-refractivity contribution in [3.63, 3.8) is 0 Å². The number of rotatable bonds is 5. The normalized spacial score (nSPS) is 28.5. The maximum atomic E-state index is 12.4. The first-order chi connectivity index (χ1) is 10.1. The van der Waals surface area contributed by atoms with Gasteiger partial charge < -0.3 is 10.0 Å². The Labute approximate surface area is 129 Å². The lowest BCUT2D eigenvalue weighted by Crippen LogP contribution is -2.50. The van der Waals surface area contributed by atoms with Crippen LogP contribution < -0.4 is 0 Å². The molecule has 1 amide bonds. The van der Waals surface area contributed by atoms with Gasteiger partial charge in [-0.05, 0) is 45.2 Å². The van der Waals surface area contributed by atoms with Crippen LogP contribution in [0.15, 0.2) is 0 Å². The van der Waals surface area contributed by atoms with Crippen molar-refractivity contribution in [3.8, 4) is 0 Å². The first kappa shape index (κ1) is 16.8. The summed E-state index contributed by atoms with van der Waals surface area (Å²) in [7, 11) is 1.94. The molecule has 1 aliphatic carbocycles. The standard InChI is InChI=1S/C17H32N2O2/c1-3-4-11-18(2)17(21)14-9-12-19(13-10-14)15-7-5-6-8-16(15)20/h14-16,20H,3-13H2,1-2H3. The molecule has 0 aromatic rings. The summed E-state index contributed by atoms with van der Waals surface area (Å²) in [4.78, 5) is 16.8. The van der Waals surface area contributed by atoms with Gasteiger partial charge in [-0.25, -0.2) is 0 Å². The van der Waals surface area contributed by atoms with Crippen LogP contribution in [0.3, 0.4) is 0 Å². The van der Waals surface area contributed by atoms with Crippen LogP contribution in [-0.2, 0) is 4.79 Å². The van der Waals surface area contributed by atoms with Crippen LogP contribution in [-0.4, -0.2) is 59.6 Å². The molecule has 0 aromatic heterocycles. The average Bonchev–Trinajstić information content (AvgIpc) is 2.52. The molecule has 0 bridgehead atoms. The Morgan fingerprint density at radius 3 is 2.48 bits per heavy atom. The van der Waals surface area contributed by atoms with Crippen molar-refractivity contribution in [3.05, 3.63) is 0 Å². The third-order valence-corrected chi connectivity index (χ3v) is 5.27. The summed E-state index contributed by atoms with van der Waals surface area (Å²) in [5, 5.41) is 10.2. The number of hydrogen-bond acceptors (Lipinski definition) is 3. The number of unbranched alkanes of at least 4 members (excludes halogenated alkanes) is 1. The summed E-state index contributed by atoms with van der Waals surface area (Å²) < 4.78 is 0. The minimum atomic E-state index is -0.154. The molecule has 4 nitrogen and oxygen atoms in total. The molecule has 1 saturated carbocycles. The van der Waals surface area contributed by atoms with E-state index >= 15 is 0 Å². The second-order valence-electron chi connectivity index (χ2n) is 6.84. The highest BCUT2D eigenvalue weighted by Gasteiger charge is 2.33. The zero-order chi connectivity index (χ0) is 15.2. The van der Waals surface area contributed by atoms with E-state index in [9.17, 15) is 9.90 Å². The number of amides is 1. The fourth-order valence-electron chi connectivity index (χ4n) is 3.81. The monoisotopic (exact) mass is 296 g/mol. The first-order valence-electron chi connectivity index (χ1n) is 8.80. The molecule has 2 aliphatic rings. The van der Waals surface area contributed by atoms with Gasteiger partial charge in [0.25, 0.3) is 0 Å². The van der Waals surface area contributed by atoms with Crippen LogP contribution >= 0.6 is 0 Å². The van der Waals surface area contributed by atoms with Crippen LogP contribution in [0.1, 0.15) is 58.3 Å². The van der Waals surface area contributed by atoms with Gasteiger partial charge in [-0.3, -0.25) is 9.69 Å². The van der Waals surface area contributed by atoms with Crippen molar-refractivity contribution in [2.75, 3.05) is 26.7 Å². The third-order valence-electron chi connectivity index (χ3n) is 5.27. The second-order valence-corrected chi connectivity index (χ2v) is 6.84. The van der Waals surface area contributed by atoms with Gasteiger partial charge in [-0.2, -0.15) is 0 Å². The molecule has 1 N–H and O–H groups in total. The number of likely N-dealkylation sites (tertiary alicyclic amines) is 1. The van der Waals surface area contributed by atoms with Gasteiger partial charge >= 0.3 is 0 Å². The molecular formula is C17H32N2O2. The van der Waals surface area contributed by atoms with Crippen LogP contribution in [0, 0.1) is 5.92 Å². The predicted molar refractivity (Wildman–Crippen MR) is 85.1 cm³/mol. The van der Waals surface area contributed by atoms with Crippen molar-refractivity contribution in [2.45, 2.75) is 70.4 Å². The number of carbonyl (C=O) groups is 1. The minimum absolute atomic E-state index is 0.154. The Morgan fingerprint density at radius 2 is 1.86 bits per heavy atom. The molecular weight excluding hydrogens is 264 g/mol. The Morgan fingerprint density at radius 1 is 1.19 bits per heavy atom. The van der Waals surface area contributed by atoms with E-state index in [-0.39, 0.29) is 12.0 Å².